The van der Waals surface area contributed by atoms with Crippen molar-refractivity contribution < 1.29 is 19.1 Å². The van der Waals surface area contributed by atoms with Crippen molar-refractivity contribution in [2.24, 2.45) is 5.16 Å². The maximum absolute atomic E-state index is 11.9. The largest absolute Gasteiger partial charge is 0.490 e. The summed E-state index contributed by atoms with van der Waals surface area (Å²) in [6.07, 6.45) is 1.53. The Hall–Kier alpha value is -3.80. The van der Waals surface area contributed by atoms with E-state index in [9.17, 15) is 4.79 Å². The van der Waals surface area contributed by atoms with E-state index < -0.39 is 0 Å². The zero-order valence-electron chi connectivity index (χ0n) is 17.7. The summed E-state index contributed by atoms with van der Waals surface area (Å²) in [6.45, 7) is 4.69. The monoisotopic (exact) mass is 418 g/mol. The van der Waals surface area contributed by atoms with E-state index in [0.29, 0.717) is 24.7 Å². The van der Waals surface area contributed by atoms with Crippen LogP contribution in [0.15, 0.2) is 78.0 Å². The van der Waals surface area contributed by atoms with Crippen LogP contribution in [0.4, 0.5) is 5.69 Å². The number of amides is 1. The molecule has 0 saturated carbocycles. The fourth-order valence-corrected chi connectivity index (χ4v) is 2.76. The third kappa shape index (κ3) is 7.19. The molecular weight excluding hydrogens is 392 g/mol. The lowest BCUT2D eigenvalue weighted by Gasteiger charge is -2.12. The van der Waals surface area contributed by atoms with Crippen molar-refractivity contribution in [3.8, 4) is 11.5 Å². The molecule has 160 valence electrons. The van der Waals surface area contributed by atoms with Gasteiger partial charge in [-0.15, -0.1) is 0 Å². The van der Waals surface area contributed by atoms with Crippen molar-refractivity contribution in [1.82, 2.24) is 0 Å². The zero-order chi connectivity index (χ0) is 21.9. The van der Waals surface area contributed by atoms with Gasteiger partial charge < -0.3 is 19.6 Å². The van der Waals surface area contributed by atoms with E-state index in [1.165, 1.54) is 6.21 Å². The molecule has 6 heteroatoms. The summed E-state index contributed by atoms with van der Waals surface area (Å²) >= 11 is 0. The second-order valence-corrected chi connectivity index (χ2v) is 6.84. The minimum Gasteiger partial charge on any atom is -0.490 e. The van der Waals surface area contributed by atoms with E-state index in [1.54, 1.807) is 0 Å². The fourth-order valence-electron chi connectivity index (χ4n) is 2.76. The second-order valence-electron chi connectivity index (χ2n) is 6.84. The normalized spacial score (nSPS) is 10.6. The zero-order valence-corrected chi connectivity index (χ0v) is 17.7. The Morgan fingerprint density at radius 1 is 0.968 bits per heavy atom. The van der Waals surface area contributed by atoms with E-state index in [4.69, 9.17) is 14.3 Å². The van der Waals surface area contributed by atoms with Crippen LogP contribution in [0.1, 0.15) is 23.6 Å². The van der Waals surface area contributed by atoms with E-state index >= 15 is 0 Å². The third-order valence-electron chi connectivity index (χ3n) is 4.31. The molecule has 0 saturated heterocycles. The predicted octanol–water partition coefficient (Wildman–Crippen LogP) is 4.96. The van der Waals surface area contributed by atoms with Crippen LogP contribution in [0.5, 0.6) is 11.5 Å². The molecule has 0 aliphatic carbocycles. The highest BCUT2D eigenvalue weighted by Crippen LogP contribution is 2.29. The molecule has 0 fully saturated rings. The lowest BCUT2D eigenvalue weighted by Crippen LogP contribution is -2.16. The Morgan fingerprint density at radius 2 is 1.74 bits per heavy atom. The van der Waals surface area contributed by atoms with Crippen LogP contribution in [-0.4, -0.2) is 25.3 Å². The van der Waals surface area contributed by atoms with Gasteiger partial charge in [0.15, 0.2) is 18.1 Å². The first-order valence-electron chi connectivity index (χ1n) is 10.1. The summed E-state index contributed by atoms with van der Waals surface area (Å²) < 4.78 is 11.6. The van der Waals surface area contributed by atoms with Gasteiger partial charge in [0.2, 0.25) is 0 Å². The first-order chi connectivity index (χ1) is 15.1. The number of nitrogens with zero attached hydrogens (tertiary/aromatic N) is 1. The van der Waals surface area contributed by atoms with Crippen molar-refractivity contribution in [3.05, 3.63) is 89.5 Å². The molecule has 3 aromatic carbocycles. The van der Waals surface area contributed by atoms with E-state index in [0.717, 1.165) is 22.4 Å². The van der Waals surface area contributed by atoms with E-state index in [1.807, 2.05) is 86.6 Å². The summed E-state index contributed by atoms with van der Waals surface area (Å²) in [6, 6.07) is 23.0. The van der Waals surface area contributed by atoms with Gasteiger partial charge in [0, 0.05) is 11.3 Å². The minimum absolute atomic E-state index is 0.180. The van der Waals surface area contributed by atoms with Crippen molar-refractivity contribution >= 4 is 17.8 Å². The molecule has 3 aromatic rings. The Balaban J connectivity index is 1.52. The number of rotatable bonds is 10. The number of carbonyl (C=O) groups is 1. The van der Waals surface area contributed by atoms with Gasteiger partial charge in [0.25, 0.3) is 5.91 Å². The topological polar surface area (TPSA) is 69.2 Å². The number of oxime groups is 1. The SMILES string of the molecule is CCOc1cc(C=NOCC(=O)Nc2ccc(C)cc2)ccc1OCc1ccccc1. The average molecular weight is 418 g/mol. The Morgan fingerprint density at radius 3 is 2.48 bits per heavy atom. The van der Waals surface area contributed by atoms with Crippen LogP contribution >= 0.6 is 0 Å². The molecule has 0 unspecified atom stereocenters. The van der Waals surface area contributed by atoms with Crippen LogP contribution in [0, 0.1) is 6.92 Å². The van der Waals surface area contributed by atoms with Gasteiger partial charge in [-0.1, -0.05) is 53.2 Å². The first-order valence-corrected chi connectivity index (χ1v) is 10.1. The van der Waals surface area contributed by atoms with Gasteiger partial charge in [-0.25, -0.2) is 0 Å². The van der Waals surface area contributed by atoms with Gasteiger partial charge in [-0.3, -0.25) is 4.79 Å². The minimum atomic E-state index is -0.277. The quantitative estimate of drug-likeness (QED) is 0.373. The highest BCUT2D eigenvalue weighted by atomic mass is 16.6. The van der Waals surface area contributed by atoms with Crippen molar-refractivity contribution in [3.63, 3.8) is 0 Å². The van der Waals surface area contributed by atoms with Crippen LogP contribution in [0.25, 0.3) is 0 Å². The molecule has 0 atom stereocenters. The molecule has 1 N–H and O–H groups in total. The Kier molecular flexibility index (Phi) is 8.05. The predicted molar refractivity (Wildman–Crippen MR) is 122 cm³/mol. The van der Waals surface area contributed by atoms with Gasteiger partial charge >= 0.3 is 0 Å². The third-order valence-corrected chi connectivity index (χ3v) is 4.31. The van der Waals surface area contributed by atoms with E-state index in [-0.39, 0.29) is 12.5 Å². The summed E-state index contributed by atoms with van der Waals surface area (Å²) in [5.74, 6) is 1.00. The van der Waals surface area contributed by atoms with Crippen LogP contribution < -0.4 is 14.8 Å². The van der Waals surface area contributed by atoms with Crippen LogP contribution in [0.3, 0.4) is 0 Å². The molecule has 0 radical (unpaired) electrons. The summed E-state index contributed by atoms with van der Waals surface area (Å²) in [4.78, 5) is 17.1. The molecule has 3 rings (SSSR count). The highest BCUT2D eigenvalue weighted by Gasteiger charge is 2.07. The number of aryl methyl sites for hydroxylation is 1. The van der Waals surface area contributed by atoms with Gasteiger partial charge in [-0.05, 0) is 49.7 Å². The van der Waals surface area contributed by atoms with Crippen molar-refractivity contribution in [1.29, 1.82) is 0 Å². The molecule has 0 bridgehead atoms. The number of hydrogen-bond acceptors (Lipinski definition) is 5. The molecule has 0 aliphatic heterocycles. The number of benzene rings is 3. The Bertz CT molecular complexity index is 1000. The van der Waals surface area contributed by atoms with Gasteiger partial charge in [0.05, 0.1) is 12.8 Å². The highest BCUT2D eigenvalue weighted by molar-refractivity contribution is 5.91. The van der Waals surface area contributed by atoms with Crippen molar-refractivity contribution in [2.75, 3.05) is 18.5 Å². The maximum Gasteiger partial charge on any atom is 0.265 e. The summed E-state index contributed by atoms with van der Waals surface area (Å²) in [7, 11) is 0. The lowest BCUT2D eigenvalue weighted by atomic mass is 10.2. The number of anilines is 1. The molecule has 0 aliphatic rings. The number of hydrogen-bond donors (Lipinski definition) is 1. The average Bonchev–Trinajstić information content (AvgIpc) is 2.79. The molecule has 0 spiro atoms. The number of ether oxygens (including phenoxy) is 2. The fraction of sp³-hybridized carbons (Fsp3) is 0.200. The first kappa shape index (κ1) is 21.9. The second kappa shape index (κ2) is 11.4. The molecule has 0 heterocycles. The van der Waals surface area contributed by atoms with Crippen molar-refractivity contribution in [2.45, 2.75) is 20.5 Å². The molecule has 6 nitrogen and oxygen atoms in total. The van der Waals surface area contributed by atoms with Crippen LogP contribution in [-0.2, 0) is 16.2 Å². The molecule has 0 aromatic heterocycles. The van der Waals surface area contributed by atoms with Gasteiger partial charge in [-0.2, -0.15) is 0 Å². The molecule has 1 amide bonds. The summed E-state index contributed by atoms with van der Waals surface area (Å²) in [5, 5.41) is 6.63. The van der Waals surface area contributed by atoms with E-state index in [2.05, 4.69) is 10.5 Å². The maximum atomic E-state index is 11.9. The summed E-state index contributed by atoms with van der Waals surface area (Å²) in [5.41, 5.74) is 3.69. The standard InChI is InChI=1S/C25H26N2O4/c1-3-29-24-15-21(11-14-23(24)30-17-20-7-5-4-6-8-20)16-26-31-18-25(28)27-22-12-9-19(2)10-13-22/h4-16H,3,17-18H2,1-2H3,(H,27,28). The van der Waals surface area contributed by atoms with Gasteiger partial charge in [0.1, 0.15) is 6.61 Å². The Labute approximate surface area is 182 Å². The lowest BCUT2D eigenvalue weighted by molar-refractivity contribution is -0.120. The number of carbonyl (C=O) groups excluding carboxylic acids is 1. The van der Waals surface area contributed by atoms with Crippen LogP contribution in [0.2, 0.25) is 0 Å². The molecule has 31 heavy (non-hydrogen) atoms. The smallest absolute Gasteiger partial charge is 0.265 e. The number of nitrogens with one attached hydrogen (secondary N) is 1. The molecular formula is C25H26N2O4.